The third kappa shape index (κ3) is 7.68. The number of ether oxygens (including phenoxy) is 1. The number of urea groups is 1. The van der Waals surface area contributed by atoms with Crippen LogP contribution >= 0.6 is 0 Å². The van der Waals surface area contributed by atoms with E-state index < -0.39 is 17.8 Å². The van der Waals surface area contributed by atoms with Crippen molar-refractivity contribution in [3.8, 4) is 0 Å². The fraction of sp³-hybridized carbons (Fsp3) is 0.550. The lowest BCUT2D eigenvalue weighted by molar-refractivity contribution is -0.142. The number of nitrogens with one attached hydrogen (secondary N) is 1. The Morgan fingerprint density at radius 2 is 1.58 bits per heavy atom. The number of amides is 4. The summed E-state index contributed by atoms with van der Waals surface area (Å²) in [6, 6.07) is 15.4. The number of hydrogen-bond acceptors (Lipinski definition) is 7. The van der Waals surface area contributed by atoms with Crippen molar-refractivity contribution in [1.29, 1.82) is 0 Å². The number of likely N-dealkylation sites (tertiary alicyclic amines) is 3. The smallest absolute Gasteiger partial charge is 0.410 e. The van der Waals surface area contributed by atoms with E-state index in [9.17, 15) is 24.3 Å². The van der Waals surface area contributed by atoms with E-state index in [2.05, 4.69) is 10.2 Å². The van der Waals surface area contributed by atoms with E-state index >= 15 is 0 Å². The first kappa shape index (κ1) is 36.0. The second-order valence-electron chi connectivity index (χ2n) is 15.5. The van der Waals surface area contributed by atoms with Crippen LogP contribution in [0.5, 0.6) is 0 Å². The van der Waals surface area contributed by atoms with E-state index in [1.54, 1.807) is 28.6 Å². The molecular formula is C40H52N6O6. The second-order valence-corrected chi connectivity index (χ2v) is 15.5. The molecule has 52 heavy (non-hydrogen) atoms. The molecule has 0 aliphatic carbocycles. The minimum Gasteiger partial charge on any atom is -0.436 e. The summed E-state index contributed by atoms with van der Waals surface area (Å²) in [4.78, 5) is 61.4. The second kappa shape index (κ2) is 14.9. The van der Waals surface area contributed by atoms with Gasteiger partial charge < -0.3 is 39.3 Å². The monoisotopic (exact) mass is 712 g/mol. The van der Waals surface area contributed by atoms with Crippen molar-refractivity contribution in [2.75, 3.05) is 51.1 Å². The Balaban J connectivity index is 1.03. The Morgan fingerprint density at radius 3 is 2.31 bits per heavy atom. The van der Waals surface area contributed by atoms with Gasteiger partial charge in [-0.05, 0) is 99.1 Å². The zero-order chi connectivity index (χ0) is 36.6. The quantitative estimate of drug-likeness (QED) is 0.391. The predicted octanol–water partition coefficient (Wildman–Crippen LogP) is 4.29. The average molecular weight is 713 g/mol. The number of rotatable bonds is 6. The number of anilines is 1. The number of fused-ring (bicyclic) bond motifs is 2. The molecule has 278 valence electrons. The zero-order valence-electron chi connectivity index (χ0n) is 30.7. The van der Waals surface area contributed by atoms with Crippen molar-refractivity contribution in [1.82, 2.24) is 24.2 Å². The number of piperidine rings is 3. The summed E-state index contributed by atoms with van der Waals surface area (Å²) in [5.41, 5.74) is 3.87. The van der Waals surface area contributed by atoms with Gasteiger partial charge in [0.25, 0.3) is 11.5 Å². The molecular weight excluding hydrogens is 660 g/mol. The Hall–Kier alpha value is -4.42. The van der Waals surface area contributed by atoms with Crippen molar-refractivity contribution < 1.29 is 24.2 Å². The van der Waals surface area contributed by atoms with Crippen LogP contribution in [0, 0.1) is 6.92 Å². The van der Waals surface area contributed by atoms with Gasteiger partial charge in [0.1, 0.15) is 0 Å². The molecule has 0 saturated carbocycles. The summed E-state index contributed by atoms with van der Waals surface area (Å²) >= 11 is 0. The van der Waals surface area contributed by atoms with Crippen LogP contribution in [0.25, 0.3) is 10.9 Å². The summed E-state index contributed by atoms with van der Waals surface area (Å²) < 4.78 is 7.77. The fourth-order valence-corrected chi connectivity index (χ4v) is 8.68. The molecule has 3 aromatic rings. The van der Waals surface area contributed by atoms with Crippen LogP contribution in [0.15, 0.2) is 53.3 Å². The number of carbonyl (C=O) groups excluding carboxylic acids is 3. The summed E-state index contributed by atoms with van der Waals surface area (Å²) in [5.74, 6) is -0.192. The fourth-order valence-electron chi connectivity index (χ4n) is 8.68. The third-order valence-electron chi connectivity index (χ3n) is 11.9. The molecule has 2 N–H and O–H groups in total. The minimum absolute atomic E-state index is 0.000321. The van der Waals surface area contributed by atoms with E-state index in [0.717, 1.165) is 78.5 Å². The van der Waals surface area contributed by atoms with Gasteiger partial charge in [0.2, 0.25) is 0 Å². The molecule has 4 amide bonds. The van der Waals surface area contributed by atoms with Crippen molar-refractivity contribution >= 4 is 34.6 Å². The highest BCUT2D eigenvalue weighted by atomic mass is 16.6. The van der Waals surface area contributed by atoms with Crippen molar-refractivity contribution in [2.45, 2.75) is 89.0 Å². The highest BCUT2D eigenvalue weighted by Crippen LogP contribution is 2.29. The van der Waals surface area contributed by atoms with Gasteiger partial charge in [-0.15, -0.1) is 0 Å². The normalized spacial score (nSPS) is 21.0. The van der Waals surface area contributed by atoms with Crippen molar-refractivity contribution in [3.63, 3.8) is 0 Å². The number of hydrogen-bond donors (Lipinski definition) is 2. The summed E-state index contributed by atoms with van der Waals surface area (Å²) in [6.07, 6.45) is 3.88. The van der Waals surface area contributed by atoms with Crippen LogP contribution in [0.4, 0.5) is 15.3 Å². The molecule has 5 heterocycles. The number of nitrogens with zero attached hydrogens (tertiary/aromatic N) is 5. The lowest BCUT2D eigenvalue weighted by atomic mass is 9.91. The molecule has 12 heteroatoms. The van der Waals surface area contributed by atoms with Crippen LogP contribution in [0.1, 0.15) is 62.1 Å². The highest BCUT2D eigenvalue weighted by molar-refractivity contribution is 5.91. The number of para-hydroxylation sites is 1. The number of carbonyl (C=O) groups is 3. The largest absolute Gasteiger partial charge is 0.436 e. The van der Waals surface area contributed by atoms with Gasteiger partial charge in [-0.25, -0.2) is 9.59 Å². The molecule has 0 radical (unpaired) electrons. The first-order valence-electron chi connectivity index (χ1n) is 18.9. The van der Waals surface area contributed by atoms with Crippen molar-refractivity contribution in [2.24, 2.45) is 7.05 Å². The SMILES string of the molecule is Cc1cc(C[C@@H](OC(=O)N2CCC(N3CCc4ccccc4NC3=O)CC2)C(=O)N2CCC(N3CCC(C)(O)CC3)CC2)cc2ccc(=O)n(C)c12. The lowest BCUT2D eigenvalue weighted by Gasteiger charge is -2.43. The number of aromatic nitrogens is 1. The van der Waals surface area contributed by atoms with Gasteiger partial charge in [-0.3, -0.25) is 9.59 Å². The topological polar surface area (TPSA) is 128 Å². The van der Waals surface area contributed by atoms with E-state index in [1.807, 2.05) is 60.0 Å². The van der Waals surface area contributed by atoms with E-state index in [1.165, 1.54) is 0 Å². The maximum Gasteiger partial charge on any atom is 0.410 e. The molecule has 7 rings (SSSR count). The van der Waals surface area contributed by atoms with Crippen LogP contribution in [-0.2, 0) is 29.4 Å². The molecule has 0 bridgehead atoms. The number of aryl methyl sites for hydroxylation is 2. The van der Waals surface area contributed by atoms with Crippen molar-refractivity contribution in [3.05, 3.63) is 75.6 Å². The standard InChI is InChI=1S/C40H52N6O6/c1-27-24-28(25-30-8-9-35(47)42(3)36(27)30)26-34(37(48)44-17-11-31(12-18-44)43-22-15-40(2,51)16-23-43)52-39(50)45-19-13-32(14-20-45)46-21-10-29-6-4-5-7-33(29)41-38(46)49/h4-9,24-25,31-32,34,51H,10-23,26H2,1-3H3,(H,41,49)/t34-/m1/s1. The molecule has 0 spiro atoms. The Kier molecular flexibility index (Phi) is 10.3. The number of aliphatic hydroxyl groups is 1. The van der Waals surface area contributed by atoms with E-state index in [-0.39, 0.29) is 30.0 Å². The Labute approximate surface area is 305 Å². The number of pyridine rings is 1. The molecule has 4 aliphatic rings. The molecule has 2 aromatic carbocycles. The Morgan fingerprint density at radius 1 is 0.904 bits per heavy atom. The third-order valence-corrected chi connectivity index (χ3v) is 11.9. The summed E-state index contributed by atoms with van der Waals surface area (Å²) in [7, 11) is 1.75. The number of benzene rings is 2. The minimum atomic E-state index is -1.01. The molecule has 3 saturated heterocycles. The van der Waals surface area contributed by atoms with Gasteiger partial charge in [0.05, 0.1) is 11.1 Å². The van der Waals surface area contributed by atoms with Crippen LogP contribution < -0.4 is 10.9 Å². The molecule has 3 fully saturated rings. The van der Waals surface area contributed by atoms with E-state index in [0.29, 0.717) is 51.6 Å². The maximum atomic E-state index is 14.2. The zero-order valence-corrected chi connectivity index (χ0v) is 30.7. The Bertz CT molecular complexity index is 1870. The molecule has 12 nitrogen and oxygen atoms in total. The predicted molar refractivity (Wildman–Crippen MR) is 199 cm³/mol. The molecule has 1 aromatic heterocycles. The molecule has 1 atom stereocenters. The average Bonchev–Trinajstić information content (AvgIpc) is 3.30. The summed E-state index contributed by atoms with van der Waals surface area (Å²) in [6.45, 7) is 8.19. The van der Waals surface area contributed by atoms with Gasteiger partial charge in [-0.1, -0.05) is 24.3 Å². The lowest BCUT2D eigenvalue weighted by Crippen LogP contribution is -2.54. The van der Waals surface area contributed by atoms with Gasteiger partial charge >= 0.3 is 12.1 Å². The first-order chi connectivity index (χ1) is 25.0. The van der Waals surface area contributed by atoms with Crippen LogP contribution in [-0.4, -0.2) is 117 Å². The first-order valence-corrected chi connectivity index (χ1v) is 18.9. The van der Waals surface area contributed by atoms with E-state index in [4.69, 9.17) is 4.74 Å². The van der Waals surface area contributed by atoms with Crippen LogP contribution in [0.3, 0.4) is 0 Å². The molecule has 4 aliphatic heterocycles. The summed E-state index contributed by atoms with van der Waals surface area (Å²) in [5, 5.41) is 14.4. The van der Waals surface area contributed by atoms with Gasteiger partial charge in [-0.2, -0.15) is 0 Å². The van der Waals surface area contributed by atoms with Crippen LogP contribution in [0.2, 0.25) is 0 Å². The highest BCUT2D eigenvalue weighted by Gasteiger charge is 2.37. The van der Waals surface area contributed by atoms with Gasteiger partial charge in [0.15, 0.2) is 6.10 Å². The maximum absolute atomic E-state index is 14.2. The molecule has 0 unspecified atom stereocenters. The van der Waals surface area contributed by atoms with Gasteiger partial charge in [0, 0.05) is 83.1 Å².